The Morgan fingerprint density at radius 2 is 0.625 bits per heavy atom. The molecule has 0 saturated carbocycles. The third-order valence-corrected chi connectivity index (χ3v) is 24.4. The largest absolute Gasteiger partial charge is 0.416 e. The second-order valence-electron chi connectivity index (χ2n) is 27.6. The summed E-state index contributed by atoms with van der Waals surface area (Å²) in [5.74, 6) is 1.49. The predicted octanol–water partition coefficient (Wildman–Crippen LogP) is 17.4. The van der Waals surface area contributed by atoms with Crippen molar-refractivity contribution < 1.29 is 62.0 Å². The van der Waals surface area contributed by atoms with E-state index in [2.05, 4.69) is 31.1 Å². The lowest BCUT2D eigenvalue weighted by Crippen LogP contribution is -2.37. The van der Waals surface area contributed by atoms with Crippen molar-refractivity contribution in [1.29, 1.82) is 0 Å². The fourth-order valence-corrected chi connectivity index (χ4v) is 17.5. The summed E-state index contributed by atoms with van der Waals surface area (Å²) in [5, 5.41) is 6.10. The molecule has 104 heavy (non-hydrogen) atoms. The van der Waals surface area contributed by atoms with E-state index in [0.29, 0.717) is 86.2 Å². The first kappa shape index (κ1) is 77.5. The van der Waals surface area contributed by atoms with Crippen molar-refractivity contribution in [2.45, 2.75) is 127 Å². The number of sulfonamides is 2. The van der Waals surface area contributed by atoms with Crippen LogP contribution in [0.3, 0.4) is 0 Å². The summed E-state index contributed by atoms with van der Waals surface area (Å²) in [6.07, 6.45) is 11.7. The first-order chi connectivity index (χ1) is 49.2. The zero-order chi connectivity index (χ0) is 74.7. The first-order valence-corrected chi connectivity index (χ1v) is 39.5. The Bertz CT molecular complexity index is 4960. The SMILES string of the molecule is CC(=O)N1CCC(c2c[nH]c3cc(Cl)c(F)cc23)CC1.CC(=O)N1CCC(c2c[nH]c3ccc(C(F)(F)F)cc23)CC1.CC(=O)N1CCC(c2c[nH]c3ccc(Cl)cc23)CC1.CS(=O)(=O)N1CCC(c2c[nH]c3ccc(C(F)(F)F)cc23)CC1.CS(=O)(=O)N1CCC(c2c[nH]c3ccc(Cl)cc23)CC1. The fourth-order valence-electron chi connectivity index (χ4n) is 15.2. The molecule has 29 heteroatoms. The molecule has 10 aromatic rings. The predicted molar refractivity (Wildman–Crippen MR) is 396 cm³/mol. The molecular formula is C75H84Cl3F7N10O7S2. The molecule has 5 aromatic heterocycles. The van der Waals surface area contributed by atoms with Crippen LogP contribution in [0.2, 0.25) is 15.1 Å². The molecule has 5 aliphatic heterocycles. The van der Waals surface area contributed by atoms with E-state index in [1.54, 1.807) is 48.4 Å². The quantitative estimate of drug-likeness (QED) is 0.0972. The molecule has 17 nitrogen and oxygen atoms in total. The molecule has 5 N–H and O–H groups in total. The van der Waals surface area contributed by atoms with Gasteiger partial charge in [0.05, 0.1) is 28.7 Å². The lowest BCUT2D eigenvalue weighted by atomic mass is 9.89. The van der Waals surface area contributed by atoms with Crippen LogP contribution < -0.4 is 0 Å². The van der Waals surface area contributed by atoms with Gasteiger partial charge in [-0.05, 0) is 207 Å². The Labute approximate surface area is 614 Å². The molecular weight excluding hydrogens is 1460 g/mol. The van der Waals surface area contributed by atoms with Crippen LogP contribution in [0.15, 0.2) is 116 Å². The number of nitrogens with zero attached hydrogens (tertiary/aromatic N) is 5. The summed E-state index contributed by atoms with van der Waals surface area (Å²) in [7, 11) is -6.27. The van der Waals surface area contributed by atoms with E-state index in [1.165, 1.54) is 63.7 Å². The monoisotopic (exact) mass is 1540 g/mol. The van der Waals surface area contributed by atoms with Gasteiger partial charge in [0.1, 0.15) is 5.82 Å². The van der Waals surface area contributed by atoms with Crippen molar-refractivity contribution in [1.82, 2.24) is 48.2 Å². The van der Waals surface area contributed by atoms with Crippen LogP contribution in [0.4, 0.5) is 30.7 Å². The summed E-state index contributed by atoms with van der Waals surface area (Å²) in [5.41, 5.74) is 8.62. The minimum absolute atomic E-state index is 0.0525. The van der Waals surface area contributed by atoms with E-state index in [0.717, 1.165) is 149 Å². The number of carbonyl (C=O) groups excluding carboxylic acids is 3. The zero-order valence-electron chi connectivity index (χ0n) is 58.2. The first-order valence-electron chi connectivity index (χ1n) is 34.7. The summed E-state index contributed by atoms with van der Waals surface area (Å²) in [6.45, 7) is 11.3. The standard InChI is InChI=1S/C16H17F3N2O.C15H16ClFN2O.C15H17ClN2O.C15H17F3N2O2S.C14H17ClN2O2S/c1-10(22)21-6-4-11(5-7-21)14-9-20-15-3-2-12(8-13(14)15)16(17,18)19;1-9(20)19-4-2-10(3-5-19)12-8-18-15-7-13(16)14(17)6-11(12)15;1-10(19)18-6-4-11(5-7-18)14-9-17-15-3-2-12(16)8-13(14)15;1-23(21,22)20-6-4-10(5-7-20)13-9-19-14-3-2-11(8-12(13)14)15(16,17)18;1-20(18,19)17-6-4-10(5-7-17)13-9-16-14-3-2-11(15)8-12(13)14/h2-3,8-9,11,20H,4-7H2,1H3;6-8,10,18H,2-5H2,1H3;2-3,8-9,11,17H,4-7H2,1H3;2-3,8-10,19H,4-7H2,1H3;2-3,8-10,16H,4-7H2,1H3. The van der Waals surface area contributed by atoms with E-state index in [-0.39, 0.29) is 40.4 Å². The number of benzene rings is 5. The molecule has 15 rings (SSSR count). The summed E-state index contributed by atoms with van der Waals surface area (Å²) >= 11 is 18.0. The second-order valence-corrected chi connectivity index (χ2v) is 32.9. The van der Waals surface area contributed by atoms with E-state index in [9.17, 15) is 62.0 Å². The van der Waals surface area contributed by atoms with Gasteiger partial charge >= 0.3 is 12.4 Å². The number of aromatic amines is 5. The van der Waals surface area contributed by atoms with Gasteiger partial charge in [-0.2, -0.15) is 26.3 Å². The van der Waals surface area contributed by atoms with Crippen molar-refractivity contribution in [3.63, 3.8) is 0 Å². The van der Waals surface area contributed by atoms with Crippen molar-refractivity contribution in [3.8, 4) is 0 Å². The number of carbonyl (C=O) groups is 3. The fraction of sp³-hybridized carbons (Fsp3) is 0.427. The Morgan fingerprint density at radius 1 is 0.375 bits per heavy atom. The van der Waals surface area contributed by atoms with Crippen LogP contribution in [0.5, 0.6) is 0 Å². The Morgan fingerprint density at radius 3 is 0.894 bits per heavy atom. The molecule has 5 aliphatic rings. The highest BCUT2D eigenvalue weighted by molar-refractivity contribution is 7.88. The van der Waals surface area contributed by atoms with Gasteiger partial charge in [0.2, 0.25) is 37.8 Å². The van der Waals surface area contributed by atoms with Gasteiger partial charge in [-0.1, -0.05) is 34.8 Å². The molecule has 0 atom stereocenters. The Balaban J connectivity index is 0.000000130. The molecule has 5 saturated heterocycles. The number of alkyl halides is 6. The van der Waals surface area contributed by atoms with Gasteiger partial charge in [-0.3, -0.25) is 14.4 Å². The van der Waals surface area contributed by atoms with Gasteiger partial charge in [0.15, 0.2) is 0 Å². The van der Waals surface area contributed by atoms with Crippen LogP contribution in [0.25, 0.3) is 54.5 Å². The smallest absolute Gasteiger partial charge is 0.361 e. The number of hydrogen-bond acceptors (Lipinski definition) is 7. The number of piperidine rings is 5. The van der Waals surface area contributed by atoms with Crippen molar-refractivity contribution in [2.24, 2.45) is 0 Å². The average molecular weight is 1540 g/mol. The highest BCUT2D eigenvalue weighted by Gasteiger charge is 2.35. The molecule has 10 heterocycles. The maximum atomic E-state index is 13.6. The molecule has 3 amide bonds. The average Bonchev–Trinajstić information content (AvgIpc) is 1.69. The molecule has 5 aromatic carbocycles. The minimum Gasteiger partial charge on any atom is -0.361 e. The zero-order valence-corrected chi connectivity index (χ0v) is 62.1. The lowest BCUT2D eigenvalue weighted by Gasteiger charge is -2.31. The number of amides is 3. The number of H-pyrrole nitrogens is 5. The van der Waals surface area contributed by atoms with Crippen LogP contribution in [0, 0.1) is 5.82 Å². The van der Waals surface area contributed by atoms with Gasteiger partial charge in [-0.15, -0.1) is 0 Å². The summed E-state index contributed by atoms with van der Waals surface area (Å²) < 4.78 is 140. The maximum Gasteiger partial charge on any atom is 0.416 e. The Hall–Kier alpha value is -7.59. The molecule has 0 spiro atoms. The van der Waals surface area contributed by atoms with Crippen molar-refractivity contribution >= 4 is 127 Å². The highest BCUT2D eigenvalue weighted by Crippen LogP contribution is 2.42. The van der Waals surface area contributed by atoms with E-state index >= 15 is 0 Å². The molecule has 0 aliphatic carbocycles. The summed E-state index contributed by atoms with van der Waals surface area (Å²) in [6, 6.07) is 22.4. The third kappa shape index (κ3) is 18.4. The Kier molecular flexibility index (Phi) is 24.0. The lowest BCUT2D eigenvalue weighted by molar-refractivity contribution is -0.138. The van der Waals surface area contributed by atoms with Gasteiger partial charge in [0.25, 0.3) is 0 Å². The molecule has 5 fully saturated rings. The van der Waals surface area contributed by atoms with Gasteiger partial charge in [-0.25, -0.2) is 29.8 Å². The summed E-state index contributed by atoms with van der Waals surface area (Å²) in [4.78, 5) is 55.4. The second kappa shape index (κ2) is 32.2. The van der Waals surface area contributed by atoms with Crippen molar-refractivity contribution in [2.75, 3.05) is 78.0 Å². The van der Waals surface area contributed by atoms with Crippen LogP contribution in [-0.4, -0.2) is 161 Å². The number of halogens is 10. The van der Waals surface area contributed by atoms with E-state index in [1.807, 2.05) is 58.6 Å². The number of aromatic nitrogens is 5. The van der Waals surface area contributed by atoms with Crippen LogP contribution in [-0.2, 0) is 46.8 Å². The van der Waals surface area contributed by atoms with E-state index in [4.69, 9.17) is 34.8 Å². The van der Waals surface area contributed by atoms with Crippen LogP contribution >= 0.6 is 34.8 Å². The topological polar surface area (TPSA) is 215 Å². The molecule has 0 radical (unpaired) electrons. The molecule has 558 valence electrons. The van der Waals surface area contributed by atoms with Crippen molar-refractivity contribution in [3.05, 3.63) is 176 Å². The normalized spacial score (nSPS) is 17.7. The minimum atomic E-state index is -4.37. The number of hydrogen-bond donors (Lipinski definition) is 5. The van der Waals surface area contributed by atoms with Gasteiger partial charge < -0.3 is 39.6 Å². The van der Waals surface area contributed by atoms with Crippen LogP contribution in [0.1, 0.15) is 154 Å². The number of fused-ring (bicyclic) bond motifs is 5. The number of rotatable bonds is 7. The third-order valence-electron chi connectivity index (χ3n) is 21.1. The highest BCUT2D eigenvalue weighted by atomic mass is 35.5. The maximum absolute atomic E-state index is 13.6. The molecule has 0 bridgehead atoms. The number of likely N-dealkylation sites (tertiary alicyclic amines) is 3. The number of nitrogens with one attached hydrogen (secondary N) is 5. The van der Waals surface area contributed by atoms with Gasteiger partial charge in [0, 0.05) is 182 Å². The molecule has 0 unspecified atom stereocenters. The van der Waals surface area contributed by atoms with E-state index < -0.39 is 43.5 Å².